The van der Waals surface area contributed by atoms with Gasteiger partial charge >= 0.3 is 5.69 Å². The second-order valence-corrected chi connectivity index (χ2v) is 21.1. The van der Waals surface area contributed by atoms with Gasteiger partial charge in [-0.05, 0) is 105 Å². The maximum absolute atomic E-state index is 14.3. The minimum absolute atomic E-state index is 0.0253. The van der Waals surface area contributed by atoms with E-state index in [4.69, 9.17) is 21.1 Å². The van der Waals surface area contributed by atoms with Gasteiger partial charge in [0.15, 0.2) is 11.4 Å². The molecule has 3 aliphatic rings. The quantitative estimate of drug-likeness (QED) is 0.0882. The number of amides is 2. The van der Waals surface area contributed by atoms with E-state index in [0.29, 0.717) is 42.0 Å². The van der Waals surface area contributed by atoms with Gasteiger partial charge in [-0.2, -0.15) is 0 Å². The van der Waals surface area contributed by atoms with Crippen molar-refractivity contribution in [3.8, 4) is 11.4 Å². The number of piperazine rings is 1. The van der Waals surface area contributed by atoms with Crippen molar-refractivity contribution in [1.29, 1.82) is 0 Å². The number of anilines is 1. The Hall–Kier alpha value is -6.38. The summed E-state index contributed by atoms with van der Waals surface area (Å²) in [5, 5.41) is 17.0. The Morgan fingerprint density at radius 3 is 2.57 bits per heavy atom. The first-order valence-corrected chi connectivity index (χ1v) is 24.8. The van der Waals surface area contributed by atoms with Crippen molar-refractivity contribution in [1.82, 2.24) is 39.2 Å². The molecule has 1 aliphatic carbocycles. The number of morpholine rings is 1. The third kappa shape index (κ3) is 10.6. The van der Waals surface area contributed by atoms with Crippen molar-refractivity contribution in [2.45, 2.75) is 44.1 Å². The molecule has 362 valence electrons. The molecule has 0 bridgehead atoms. The SMILES string of the molecule is CN(C)CC(=O)N1CCO[C@@H](COc2ccc(S(=O)(=O)NC(=O)c3ccc(N4CCN(CC5=C(c6ccc(Cl)cc6)CC(C)(C)CC5)CC4)cc3-n3[nH]cc4nc5nccc5cc43)cc2[N+](=O)[O-])C1. The van der Waals surface area contributed by atoms with Crippen LogP contribution in [0.25, 0.3) is 33.3 Å². The standard InChI is InChI=1S/C49H55ClN10O8S/c1-49(2)15-13-34(40(26-49)32-5-7-35(50)8-6-32)28-56-17-19-57(20-18-56)36-9-11-39(42(24-36)59-43-23-33-14-16-51-47(33)53-41(43)27-52-59)48(62)54-69(65,66)38-10-12-45(44(25-38)60(63)64)68-31-37-29-58(21-22-67-37)46(61)30-55(3)4/h5-12,14,16,23-25,27,37,52H,13,15,17-22,26,28-31H2,1-4H3,(H,54,62)/t37-/m1/s1. The van der Waals surface area contributed by atoms with Gasteiger partial charge in [0, 0.05) is 73.8 Å². The molecule has 2 aliphatic heterocycles. The maximum atomic E-state index is 14.3. The van der Waals surface area contributed by atoms with E-state index in [2.05, 4.69) is 55.6 Å². The van der Waals surface area contributed by atoms with Crippen LogP contribution in [-0.2, 0) is 19.6 Å². The molecule has 2 saturated heterocycles. The molecule has 2 amide bonds. The molecule has 18 nitrogen and oxygen atoms in total. The topological polar surface area (TPSA) is 201 Å². The number of fused-ring (bicyclic) bond motifs is 2. The average Bonchev–Trinajstić information content (AvgIpc) is 3.97. The van der Waals surface area contributed by atoms with Crippen molar-refractivity contribution in [3.63, 3.8) is 0 Å². The summed E-state index contributed by atoms with van der Waals surface area (Å²) in [6.07, 6.45) is 5.95. The largest absolute Gasteiger partial charge is 0.484 e. The first-order valence-electron chi connectivity index (χ1n) is 22.9. The zero-order valence-electron chi connectivity index (χ0n) is 39.0. The van der Waals surface area contributed by atoms with Crippen molar-refractivity contribution >= 4 is 72.5 Å². The van der Waals surface area contributed by atoms with Crippen molar-refractivity contribution in [3.05, 3.63) is 117 Å². The molecule has 0 unspecified atom stereocenters. The van der Waals surface area contributed by atoms with Crippen LogP contribution in [0.2, 0.25) is 5.02 Å². The number of ether oxygens (including phenoxy) is 2. The molecule has 6 aromatic rings. The molecule has 5 heterocycles. The summed E-state index contributed by atoms with van der Waals surface area (Å²) in [7, 11) is -1.08. The summed E-state index contributed by atoms with van der Waals surface area (Å²) in [6.45, 7) is 9.57. The van der Waals surface area contributed by atoms with E-state index >= 15 is 0 Å². The number of likely N-dealkylation sites (N-methyl/N-ethyl adjacent to an activating group) is 1. The van der Waals surface area contributed by atoms with E-state index in [1.165, 1.54) is 22.8 Å². The molecule has 9 rings (SSSR count). The number of benzene rings is 3. The van der Waals surface area contributed by atoms with Crippen LogP contribution >= 0.6 is 11.6 Å². The zero-order chi connectivity index (χ0) is 48.6. The van der Waals surface area contributed by atoms with E-state index in [1.807, 2.05) is 30.3 Å². The number of allylic oxidation sites excluding steroid dienone is 1. The number of nitrogens with one attached hydrogen (secondary N) is 2. The maximum Gasteiger partial charge on any atom is 0.312 e. The van der Waals surface area contributed by atoms with Gasteiger partial charge < -0.3 is 24.2 Å². The lowest BCUT2D eigenvalue weighted by Crippen LogP contribution is -2.49. The summed E-state index contributed by atoms with van der Waals surface area (Å²) in [5.74, 6) is -1.23. The lowest BCUT2D eigenvalue weighted by atomic mass is 9.72. The summed E-state index contributed by atoms with van der Waals surface area (Å²) < 4.78 is 43.3. The van der Waals surface area contributed by atoms with Crippen LogP contribution < -0.4 is 14.4 Å². The number of nitrogens with zero attached hydrogens (tertiary/aromatic N) is 8. The number of pyridine rings is 1. The fraction of sp³-hybridized carbons (Fsp3) is 0.388. The van der Waals surface area contributed by atoms with Crippen LogP contribution in [0.3, 0.4) is 0 Å². The highest BCUT2D eigenvalue weighted by Crippen LogP contribution is 2.43. The van der Waals surface area contributed by atoms with Crippen molar-refractivity contribution in [2.75, 3.05) is 84.6 Å². The number of carbonyl (C=O) groups is 2. The lowest BCUT2D eigenvalue weighted by Gasteiger charge is -2.39. The van der Waals surface area contributed by atoms with E-state index in [9.17, 15) is 28.1 Å². The number of nitro benzene ring substituents is 1. The Labute approximate surface area is 405 Å². The van der Waals surface area contributed by atoms with Gasteiger partial charge in [0.2, 0.25) is 5.91 Å². The third-order valence-corrected chi connectivity index (χ3v) is 14.7. The minimum atomic E-state index is -4.67. The van der Waals surface area contributed by atoms with Gasteiger partial charge in [0.05, 0.1) is 46.3 Å². The first-order chi connectivity index (χ1) is 33.0. The third-order valence-electron chi connectivity index (χ3n) is 13.1. The van der Waals surface area contributed by atoms with Gasteiger partial charge in [0.1, 0.15) is 18.2 Å². The number of halogens is 1. The number of rotatable bonds is 14. The summed E-state index contributed by atoms with van der Waals surface area (Å²) >= 11 is 6.26. The van der Waals surface area contributed by atoms with Gasteiger partial charge in [-0.3, -0.25) is 34.4 Å². The average molecular weight is 980 g/mol. The molecule has 2 fully saturated rings. The molecule has 3 aromatic carbocycles. The number of nitro groups is 1. The normalized spacial score (nSPS) is 18.0. The molecule has 0 saturated carbocycles. The predicted molar refractivity (Wildman–Crippen MR) is 263 cm³/mol. The van der Waals surface area contributed by atoms with Gasteiger partial charge in [-0.1, -0.05) is 43.2 Å². The first kappa shape index (κ1) is 47.7. The van der Waals surface area contributed by atoms with Gasteiger partial charge in [-0.15, -0.1) is 0 Å². The lowest BCUT2D eigenvalue weighted by molar-refractivity contribution is -0.386. The van der Waals surface area contributed by atoms with Crippen LogP contribution in [0.5, 0.6) is 5.75 Å². The number of H-pyrrole nitrogens is 1. The summed E-state index contributed by atoms with van der Waals surface area (Å²) in [4.78, 5) is 55.1. The Morgan fingerprint density at radius 2 is 1.81 bits per heavy atom. The highest BCUT2D eigenvalue weighted by molar-refractivity contribution is 7.90. The van der Waals surface area contributed by atoms with E-state index in [-0.39, 0.29) is 48.9 Å². The number of aromatic nitrogens is 4. The molecule has 0 spiro atoms. The number of aromatic amines is 1. The Kier molecular flexibility index (Phi) is 13.5. The van der Waals surface area contributed by atoms with E-state index < -0.39 is 37.5 Å². The van der Waals surface area contributed by atoms with E-state index in [0.717, 1.165) is 67.1 Å². The monoisotopic (exact) mass is 978 g/mol. The van der Waals surface area contributed by atoms with Crippen LogP contribution in [0.1, 0.15) is 49.0 Å². The number of sulfonamides is 1. The summed E-state index contributed by atoms with van der Waals surface area (Å²) in [5.41, 5.74) is 6.66. The molecule has 20 heteroatoms. The molecule has 1 atom stereocenters. The zero-order valence-corrected chi connectivity index (χ0v) is 40.6. The highest BCUT2D eigenvalue weighted by atomic mass is 35.5. The van der Waals surface area contributed by atoms with Gasteiger partial charge in [0.25, 0.3) is 15.9 Å². The molecule has 3 aromatic heterocycles. The Balaban J connectivity index is 0.946. The predicted octanol–water partition coefficient (Wildman–Crippen LogP) is 6.54. The fourth-order valence-corrected chi connectivity index (χ4v) is 10.5. The fourth-order valence-electron chi connectivity index (χ4n) is 9.37. The Morgan fingerprint density at radius 1 is 1.03 bits per heavy atom. The Bertz CT molecular complexity index is 3070. The van der Waals surface area contributed by atoms with Crippen molar-refractivity contribution in [2.24, 2.45) is 5.41 Å². The molecular formula is C49H55ClN10O8S. The highest BCUT2D eigenvalue weighted by Gasteiger charge is 2.32. The second kappa shape index (κ2) is 19.6. The van der Waals surface area contributed by atoms with Crippen molar-refractivity contribution < 1.29 is 32.4 Å². The van der Waals surface area contributed by atoms with Crippen LogP contribution in [-0.4, -0.2) is 145 Å². The number of carbonyl (C=O) groups excluding carboxylic acids is 2. The number of hydrogen-bond acceptors (Lipinski definition) is 13. The smallest absolute Gasteiger partial charge is 0.312 e. The molecule has 0 radical (unpaired) electrons. The number of hydrogen-bond donors (Lipinski definition) is 2. The van der Waals surface area contributed by atoms with Gasteiger partial charge in [-0.25, -0.2) is 23.1 Å². The van der Waals surface area contributed by atoms with Crippen LogP contribution in [0, 0.1) is 15.5 Å². The summed E-state index contributed by atoms with van der Waals surface area (Å²) in [6, 6.07) is 20.3. The minimum Gasteiger partial charge on any atom is -0.484 e. The molecule has 69 heavy (non-hydrogen) atoms. The van der Waals surface area contributed by atoms with Crippen LogP contribution in [0.15, 0.2) is 95.7 Å². The van der Waals surface area contributed by atoms with Crippen LogP contribution in [0.4, 0.5) is 11.4 Å². The second-order valence-electron chi connectivity index (χ2n) is 19.0. The van der Waals surface area contributed by atoms with E-state index in [1.54, 1.807) is 53.1 Å². The molecular weight excluding hydrogens is 924 g/mol. The molecule has 2 N–H and O–H groups in total.